The summed E-state index contributed by atoms with van der Waals surface area (Å²) in [5.74, 6) is 1.10. The van der Waals surface area contributed by atoms with Gasteiger partial charge >= 0.3 is 0 Å². The third kappa shape index (κ3) is 3.64. The third-order valence-corrected chi connectivity index (χ3v) is 5.36. The Morgan fingerprint density at radius 3 is 2.42 bits per heavy atom. The summed E-state index contributed by atoms with van der Waals surface area (Å²) in [6.07, 6.45) is 1.90. The van der Waals surface area contributed by atoms with Gasteiger partial charge in [-0.2, -0.15) is 0 Å². The fourth-order valence-corrected chi connectivity index (χ4v) is 4.21. The Bertz CT molecular complexity index is 771. The van der Waals surface area contributed by atoms with Crippen molar-refractivity contribution in [3.63, 3.8) is 0 Å². The Morgan fingerprint density at radius 2 is 1.79 bits per heavy atom. The molecule has 2 heterocycles. The molecule has 0 spiro atoms. The zero-order valence-corrected chi connectivity index (χ0v) is 16.9. The summed E-state index contributed by atoms with van der Waals surface area (Å²) in [6.45, 7) is 7.16. The lowest BCUT2D eigenvalue weighted by Crippen LogP contribution is -2.49. The fourth-order valence-electron chi connectivity index (χ4n) is 2.99. The lowest BCUT2D eigenvalue weighted by atomic mass is 10.1. The molecule has 6 heteroatoms. The molecule has 0 aliphatic carbocycles. The van der Waals surface area contributed by atoms with Crippen LogP contribution >= 0.6 is 31.9 Å². The van der Waals surface area contributed by atoms with Crippen molar-refractivity contribution in [1.29, 1.82) is 0 Å². The number of halogens is 2. The molecule has 0 N–H and O–H groups in total. The maximum atomic E-state index is 12.7. The van der Waals surface area contributed by atoms with Gasteiger partial charge in [-0.25, -0.2) is 4.98 Å². The Hall–Kier alpha value is -1.40. The molecule has 2 aromatic rings. The maximum Gasteiger partial charge on any atom is 0.255 e. The van der Waals surface area contributed by atoms with Crippen LogP contribution in [0.3, 0.4) is 0 Å². The molecule has 3 rings (SSSR count). The normalized spacial score (nSPS) is 14.8. The minimum Gasteiger partial charge on any atom is -0.353 e. The van der Waals surface area contributed by atoms with Crippen LogP contribution in [0.4, 0.5) is 5.82 Å². The average molecular weight is 453 g/mol. The number of piperazine rings is 1. The van der Waals surface area contributed by atoms with Crippen LogP contribution in [0.15, 0.2) is 39.4 Å². The van der Waals surface area contributed by atoms with Gasteiger partial charge in [0.15, 0.2) is 0 Å². The minimum atomic E-state index is 0.0719. The van der Waals surface area contributed by atoms with Gasteiger partial charge in [-0.05, 0) is 59.1 Å². The van der Waals surface area contributed by atoms with Crippen molar-refractivity contribution in [2.45, 2.75) is 13.8 Å². The standard InChI is InChI=1S/C18H19Br2N3O/c1-12-9-13(2)17(21-11-12)22-5-7-23(8-6-22)18(24)15-4-3-14(19)10-16(15)20/h3-4,9-11H,5-8H2,1-2H3. The van der Waals surface area contributed by atoms with Crippen molar-refractivity contribution in [2.24, 2.45) is 0 Å². The molecule has 126 valence electrons. The maximum absolute atomic E-state index is 12.7. The van der Waals surface area contributed by atoms with Crippen molar-refractivity contribution in [3.8, 4) is 0 Å². The molecule has 4 nitrogen and oxygen atoms in total. The van der Waals surface area contributed by atoms with Crippen molar-refractivity contribution in [1.82, 2.24) is 9.88 Å². The molecule has 0 atom stereocenters. The predicted molar refractivity (Wildman–Crippen MR) is 104 cm³/mol. The number of pyridine rings is 1. The molecule has 0 radical (unpaired) electrons. The molecular formula is C18H19Br2N3O. The summed E-state index contributed by atoms with van der Waals surface area (Å²) >= 11 is 6.90. The second-order valence-electron chi connectivity index (χ2n) is 6.06. The van der Waals surface area contributed by atoms with E-state index in [1.54, 1.807) is 0 Å². The zero-order chi connectivity index (χ0) is 17.3. The third-order valence-electron chi connectivity index (χ3n) is 4.22. The number of hydrogen-bond donors (Lipinski definition) is 0. The van der Waals surface area contributed by atoms with Gasteiger partial charge in [-0.1, -0.05) is 22.0 Å². The number of carbonyl (C=O) groups excluding carboxylic acids is 1. The molecule has 1 aliphatic rings. The van der Waals surface area contributed by atoms with E-state index in [1.807, 2.05) is 29.3 Å². The predicted octanol–water partition coefficient (Wildman–Crippen LogP) is 4.19. The van der Waals surface area contributed by atoms with Crippen LogP contribution in [-0.2, 0) is 0 Å². The molecule has 1 aromatic heterocycles. The molecule has 1 aromatic carbocycles. The highest BCUT2D eigenvalue weighted by Crippen LogP contribution is 2.24. The topological polar surface area (TPSA) is 36.4 Å². The van der Waals surface area contributed by atoms with Crippen LogP contribution in [-0.4, -0.2) is 42.0 Å². The van der Waals surface area contributed by atoms with Crippen molar-refractivity contribution in [2.75, 3.05) is 31.1 Å². The van der Waals surface area contributed by atoms with E-state index in [2.05, 4.69) is 61.7 Å². The molecule has 24 heavy (non-hydrogen) atoms. The quantitative estimate of drug-likeness (QED) is 0.685. The number of carbonyl (C=O) groups is 1. The molecule has 0 bridgehead atoms. The van der Waals surface area contributed by atoms with E-state index in [0.717, 1.165) is 27.9 Å². The summed E-state index contributed by atoms with van der Waals surface area (Å²) in [6, 6.07) is 7.81. The number of nitrogens with zero attached hydrogens (tertiary/aromatic N) is 3. The second-order valence-corrected chi connectivity index (χ2v) is 7.83. The number of benzene rings is 1. The van der Waals surface area contributed by atoms with Gasteiger partial charge in [-0.3, -0.25) is 4.79 Å². The minimum absolute atomic E-state index is 0.0719. The van der Waals surface area contributed by atoms with Crippen molar-refractivity contribution in [3.05, 3.63) is 56.1 Å². The smallest absolute Gasteiger partial charge is 0.255 e. The van der Waals surface area contributed by atoms with Crippen molar-refractivity contribution >= 4 is 43.6 Å². The van der Waals surface area contributed by atoms with Gasteiger partial charge in [0.2, 0.25) is 0 Å². The Balaban J connectivity index is 1.69. The first-order valence-corrected chi connectivity index (χ1v) is 9.47. The molecule has 1 aliphatic heterocycles. The molecule has 1 saturated heterocycles. The number of anilines is 1. The molecule has 1 fully saturated rings. The van der Waals surface area contributed by atoms with Crippen LogP contribution in [0.5, 0.6) is 0 Å². The van der Waals surface area contributed by atoms with Crippen LogP contribution in [0.1, 0.15) is 21.5 Å². The van der Waals surface area contributed by atoms with E-state index >= 15 is 0 Å². The first kappa shape index (κ1) is 17.4. The average Bonchev–Trinajstić information content (AvgIpc) is 2.54. The van der Waals surface area contributed by atoms with Crippen LogP contribution in [0.2, 0.25) is 0 Å². The summed E-state index contributed by atoms with van der Waals surface area (Å²) < 4.78 is 1.78. The van der Waals surface area contributed by atoms with E-state index in [9.17, 15) is 4.79 Å². The van der Waals surface area contributed by atoms with Crippen molar-refractivity contribution < 1.29 is 4.79 Å². The number of aromatic nitrogens is 1. The number of amides is 1. The van der Waals surface area contributed by atoms with E-state index < -0.39 is 0 Å². The van der Waals surface area contributed by atoms with Gasteiger partial charge < -0.3 is 9.80 Å². The Labute approximate surface area is 159 Å². The van der Waals surface area contributed by atoms with Crippen LogP contribution in [0.25, 0.3) is 0 Å². The lowest BCUT2D eigenvalue weighted by Gasteiger charge is -2.36. The highest BCUT2D eigenvalue weighted by Gasteiger charge is 2.24. The van der Waals surface area contributed by atoms with E-state index in [4.69, 9.17) is 0 Å². The SMILES string of the molecule is Cc1cnc(N2CCN(C(=O)c3ccc(Br)cc3Br)CC2)c(C)c1. The monoisotopic (exact) mass is 451 g/mol. The number of rotatable bonds is 2. The van der Waals surface area contributed by atoms with Gasteiger partial charge in [-0.15, -0.1) is 0 Å². The zero-order valence-electron chi connectivity index (χ0n) is 13.7. The lowest BCUT2D eigenvalue weighted by molar-refractivity contribution is 0.0745. The summed E-state index contributed by atoms with van der Waals surface area (Å²) in [7, 11) is 0. The van der Waals surface area contributed by atoms with Crippen LogP contribution in [0, 0.1) is 13.8 Å². The van der Waals surface area contributed by atoms with E-state index in [0.29, 0.717) is 18.7 Å². The molecule has 1 amide bonds. The van der Waals surface area contributed by atoms with Gasteiger partial charge in [0.05, 0.1) is 5.56 Å². The summed E-state index contributed by atoms with van der Waals surface area (Å²) in [5, 5.41) is 0. The van der Waals surface area contributed by atoms with Gasteiger partial charge in [0.1, 0.15) is 5.82 Å². The highest BCUT2D eigenvalue weighted by atomic mass is 79.9. The summed E-state index contributed by atoms with van der Waals surface area (Å²) in [4.78, 5) is 21.5. The fraction of sp³-hybridized carbons (Fsp3) is 0.333. The highest BCUT2D eigenvalue weighted by molar-refractivity contribution is 9.11. The molecule has 0 unspecified atom stereocenters. The van der Waals surface area contributed by atoms with E-state index in [1.165, 1.54) is 11.1 Å². The first-order valence-electron chi connectivity index (χ1n) is 7.88. The van der Waals surface area contributed by atoms with E-state index in [-0.39, 0.29) is 5.91 Å². The largest absolute Gasteiger partial charge is 0.353 e. The molecule has 0 saturated carbocycles. The van der Waals surface area contributed by atoms with Gasteiger partial charge in [0.25, 0.3) is 5.91 Å². The van der Waals surface area contributed by atoms with Crippen LogP contribution < -0.4 is 4.90 Å². The Morgan fingerprint density at radius 1 is 1.08 bits per heavy atom. The second kappa shape index (κ2) is 7.23. The van der Waals surface area contributed by atoms with Gasteiger partial charge in [0, 0.05) is 41.3 Å². The molecular weight excluding hydrogens is 434 g/mol. The number of hydrogen-bond acceptors (Lipinski definition) is 3. The Kier molecular flexibility index (Phi) is 5.25. The summed E-state index contributed by atoms with van der Waals surface area (Å²) in [5.41, 5.74) is 3.06. The number of aryl methyl sites for hydroxylation is 2. The first-order chi connectivity index (χ1) is 11.5.